The molecule has 0 fully saturated rings. The first-order chi connectivity index (χ1) is 15.8. The van der Waals surface area contributed by atoms with Gasteiger partial charge in [-0.3, -0.25) is 0 Å². The van der Waals surface area contributed by atoms with Crippen LogP contribution < -0.4 is 10.6 Å². The van der Waals surface area contributed by atoms with Gasteiger partial charge < -0.3 is 4.89 Å². The van der Waals surface area contributed by atoms with Gasteiger partial charge in [-0.1, -0.05) is 97.1 Å². The molecular formula is C25H21O5PS2. The van der Waals surface area contributed by atoms with Crippen LogP contribution in [0.3, 0.4) is 0 Å². The highest BCUT2D eigenvalue weighted by molar-refractivity contribution is 8.40. The molecule has 0 saturated carbocycles. The first kappa shape index (κ1) is 23.2. The molecule has 4 aromatic rings. The molecule has 0 spiro atoms. The van der Waals surface area contributed by atoms with E-state index >= 15 is 0 Å². The van der Waals surface area contributed by atoms with Gasteiger partial charge in [-0.15, -0.1) is 0 Å². The van der Waals surface area contributed by atoms with Gasteiger partial charge in [-0.25, -0.2) is 16.8 Å². The van der Waals surface area contributed by atoms with Crippen LogP contribution in [-0.2, 0) is 19.7 Å². The molecule has 4 aromatic carbocycles. The van der Waals surface area contributed by atoms with Gasteiger partial charge in [0.15, 0.2) is 3.96 Å². The van der Waals surface area contributed by atoms with Crippen molar-refractivity contribution >= 4 is 41.4 Å². The Bertz CT molecular complexity index is 1400. The van der Waals surface area contributed by atoms with Crippen molar-refractivity contribution in [1.82, 2.24) is 0 Å². The van der Waals surface area contributed by atoms with E-state index in [2.05, 4.69) is 0 Å². The summed E-state index contributed by atoms with van der Waals surface area (Å²) in [5.74, 6) is 0. The van der Waals surface area contributed by atoms with E-state index in [1.54, 1.807) is 72.8 Å². The molecule has 0 heterocycles. The zero-order valence-electron chi connectivity index (χ0n) is 17.4. The SMILES string of the molecule is O=S(=O)(C(=P(O)(c1ccccc1)c1ccccc1)S(=O)(=O)c1ccccc1)c1ccccc1. The summed E-state index contributed by atoms with van der Waals surface area (Å²) in [6, 6.07) is 30.9. The summed E-state index contributed by atoms with van der Waals surface area (Å²) in [5.41, 5.74) is 0. The standard InChI is InChI=1S/C25H21O5PS2/c26-31(21-13-5-1-6-14-21,22-15-7-2-8-16-22)25(32(27,28)23-17-9-3-10-18-23)33(29,30)24-19-11-4-12-20-24/h1-20,26H. The molecule has 0 radical (unpaired) electrons. The Morgan fingerprint density at radius 2 is 0.758 bits per heavy atom. The summed E-state index contributed by atoms with van der Waals surface area (Å²) in [5, 5.41) is 0.454. The van der Waals surface area contributed by atoms with E-state index in [1.807, 2.05) is 0 Å². The second-order valence-electron chi connectivity index (χ2n) is 7.21. The van der Waals surface area contributed by atoms with E-state index in [0.717, 1.165) is 0 Å². The van der Waals surface area contributed by atoms with Crippen LogP contribution in [0, 0.1) is 0 Å². The molecule has 0 unspecified atom stereocenters. The van der Waals surface area contributed by atoms with Gasteiger partial charge in [0.25, 0.3) is 0 Å². The van der Waals surface area contributed by atoms with E-state index in [0.29, 0.717) is 0 Å². The van der Waals surface area contributed by atoms with Crippen molar-refractivity contribution in [2.24, 2.45) is 0 Å². The van der Waals surface area contributed by atoms with E-state index in [-0.39, 0.29) is 20.4 Å². The monoisotopic (exact) mass is 496 g/mol. The highest BCUT2D eigenvalue weighted by atomic mass is 32.3. The van der Waals surface area contributed by atoms with Crippen molar-refractivity contribution in [3.63, 3.8) is 0 Å². The van der Waals surface area contributed by atoms with Crippen LogP contribution in [-0.4, -0.2) is 25.7 Å². The number of sulfone groups is 2. The van der Waals surface area contributed by atoms with Gasteiger partial charge in [-0.05, 0) is 24.3 Å². The van der Waals surface area contributed by atoms with Gasteiger partial charge in [0.2, 0.25) is 19.7 Å². The summed E-state index contributed by atoms with van der Waals surface area (Å²) in [6.07, 6.45) is 0. The predicted octanol–water partition coefficient (Wildman–Crippen LogP) is 3.60. The Morgan fingerprint density at radius 3 is 1.06 bits per heavy atom. The van der Waals surface area contributed by atoms with Crippen LogP contribution in [0.4, 0.5) is 0 Å². The Labute approximate surface area is 193 Å². The molecule has 5 nitrogen and oxygen atoms in total. The lowest BCUT2D eigenvalue weighted by Gasteiger charge is -2.26. The lowest BCUT2D eigenvalue weighted by atomic mass is 10.4. The summed E-state index contributed by atoms with van der Waals surface area (Å²) in [6.45, 7) is 0. The molecule has 33 heavy (non-hydrogen) atoms. The van der Waals surface area contributed by atoms with Crippen molar-refractivity contribution in [3.05, 3.63) is 121 Å². The largest absolute Gasteiger partial charge is 0.365 e. The second kappa shape index (κ2) is 9.12. The minimum atomic E-state index is -4.63. The first-order valence-electron chi connectivity index (χ1n) is 10.00. The third-order valence-corrected chi connectivity index (χ3v) is 14.8. The van der Waals surface area contributed by atoms with E-state index < -0.39 is 30.7 Å². The molecule has 1 N–H and O–H groups in total. The molecule has 4 rings (SSSR count). The number of hydrogen-bond acceptors (Lipinski definition) is 5. The maximum atomic E-state index is 14.0. The Kier molecular flexibility index (Phi) is 6.41. The fourth-order valence-corrected chi connectivity index (χ4v) is 13.3. The molecule has 0 saturated heterocycles. The summed E-state index contributed by atoms with van der Waals surface area (Å²) in [7, 11) is -13.4. The lowest BCUT2D eigenvalue weighted by Crippen LogP contribution is -2.33. The molecule has 8 heteroatoms. The highest BCUT2D eigenvalue weighted by Crippen LogP contribution is 2.47. The third-order valence-electron chi connectivity index (χ3n) is 5.09. The van der Waals surface area contributed by atoms with Crippen LogP contribution in [0.1, 0.15) is 0 Å². The van der Waals surface area contributed by atoms with Crippen LogP contribution in [0.25, 0.3) is 0 Å². The minimum absolute atomic E-state index is 0.204. The molecule has 0 amide bonds. The Hall–Kier alpha value is -2.96. The average Bonchev–Trinajstić information content (AvgIpc) is 2.86. The summed E-state index contributed by atoms with van der Waals surface area (Å²) >= 11 is 0. The summed E-state index contributed by atoms with van der Waals surface area (Å²) < 4.78 is 55.1. The van der Waals surface area contributed by atoms with Gasteiger partial charge in [0, 0.05) is 10.6 Å². The molecule has 0 atom stereocenters. The van der Waals surface area contributed by atoms with Crippen molar-refractivity contribution < 1.29 is 21.7 Å². The fraction of sp³-hybridized carbons (Fsp3) is 0. The maximum absolute atomic E-state index is 14.0. The Balaban J connectivity index is 2.27. The molecule has 168 valence electrons. The third kappa shape index (κ3) is 4.21. The normalized spacial score (nSPS) is 12.3. The van der Waals surface area contributed by atoms with Crippen LogP contribution >= 0.6 is 7.11 Å². The van der Waals surface area contributed by atoms with Gasteiger partial charge >= 0.3 is 0 Å². The van der Waals surface area contributed by atoms with Crippen LogP contribution in [0.2, 0.25) is 0 Å². The molecule has 0 bridgehead atoms. The molecule has 0 aliphatic heterocycles. The number of hydrogen-bond donors (Lipinski definition) is 1. The second-order valence-corrected chi connectivity index (χ2v) is 14.6. The average molecular weight is 497 g/mol. The predicted molar refractivity (Wildman–Crippen MR) is 134 cm³/mol. The smallest absolute Gasteiger partial charge is 0.220 e. The fourth-order valence-electron chi connectivity index (χ4n) is 3.54. The van der Waals surface area contributed by atoms with Crippen molar-refractivity contribution in [2.45, 2.75) is 9.79 Å². The van der Waals surface area contributed by atoms with E-state index in [9.17, 15) is 21.7 Å². The molecular weight excluding hydrogens is 475 g/mol. The first-order valence-corrected chi connectivity index (χ1v) is 14.7. The maximum Gasteiger partial charge on any atom is 0.220 e. The van der Waals surface area contributed by atoms with Gasteiger partial charge in [0.1, 0.15) is 0 Å². The van der Waals surface area contributed by atoms with E-state index in [1.165, 1.54) is 48.5 Å². The van der Waals surface area contributed by atoms with Gasteiger partial charge in [0.05, 0.1) is 16.9 Å². The van der Waals surface area contributed by atoms with Gasteiger partial charge in [-0.2, -0.15) is 0 Å². The number of benzene rings is 4. The van der Waals surface area contributed by atoms with Crippen LogP contribution in [0.15, 0.2) is 131 Å². The zero-order valence-corrected chi connectivity index (χ0v) is 19.9. The van der Waals surface area contributed by atoms with Crippen molar-refractivity contribution in [2.75, 3.05) is 0 Å². The Morgan fingerprint density at radius 1 is 0.485 bits per heavy atom. The van der Waals surface area contributed by atoms with Crippen molar-refractivity contribution in [3.8, 4) is 0 Å². The number of rotatable bonds is 6. The molecule has 0 aromatic heterocycles. The highest BCUT2D eigenvalue weighted by Gasteiger charge is 2.43. The quantitative estimate of drug-likeness (QED) is 0.412. The van der Waals surface area contributed by atoms with Crippen LogP contribution in [0.5, 0.6) is 0 Å². The van der Waals surface area contributed by atoms with Crippen molar-refractivity contribution in [1.29, 1.82) is 0 Å². The molecule has 0 aliphatic carbocycles. The topological polar surface area (TPSA) is 88.5 Å². The summed E-state index contributed by atoms with van der Waals surface area (Å²) in [4.78, 5) is 11.9. The lowest BCUT2D eigenvalue weighted by molar-refractivity contribution is 0.603. The van der Waals surface area contributed by atoms with E-state index in [4.69, 9.17) is 0 Å². The zero-order chi connectivity index (χ0) is 23.5. The minimum Gasteiger partial charge on any atom is -0.365 e. The molecule has 0 aliphatic rings.